The van der Waals surface area contributed by atoms with E-state index in [1.54, 1.807) is 0 Å². The summed E-state index contributed by atoms with van der Waals surface area (Å²) in [5.41, 5.74) is 6.93. The van der Waals surface area contributed by atoms with Crippen molar-refractivity contribution in [2.45, 2.75) is 33.7 Å². The Morgan fingerprint density at radius 3 is 2.54 bits per heavy atom. The average Bonchev–Trinajstić information content (AvgIpc) is 2.62. The number of carbonyl (C=O) groups is 1. The lowest BCUT2D eigenvalue weighted by atomic mass is 9.96. The monoisotopic (exact) mass is 346 g/mol. The molecule has 1 N–H and O–H groups in total. The van der Waals surface area contributed by atoms with E-state index in [9.17, 15) is 9.59 Å². The zero-order valence-electron chi connectivity index (χ0n) is 15.3. The van der Waals surface area contributed by atoms with E-state index in [1.807, 2.05) is 56.0 Å². The molecule has 0 saturated heterocycles. The fourth-order valence-corrected chi connectivity index (χ4v) is 3.61. The molecule has 2 aromatic carbocycles. The van der Waals surface area contributed by atoms with Gasteiger partial charge in [-0.25, -0.2) is 0 Å². The zero-order valence-corrected chi connectivity index (χ0v) is 15.3. The quantitative estimate of drug-likeness (QED) is 0.731. The molecule has 1 amide bonds. The van der Waals surface area contributed by atoms with E-state index in [1.165, 1.54) is 11.1 Å². The minimum atomic E-state index is -0.0590. The molecule has 132 valence electrons. The van der Waals surface area contributed by atoms with Crippen LogP contribution in [0.1, 0.15) is 38.2 Å². The number of amides is 1. The van der Waals surface area contributed by atoms with Gasteiger partial charge in [0.15, 0.2) is 0 Å². The highest BCUT2D eigenvalue weighted by atomic mass is 16.2. The first-order valence-corrected chi connectivity index (χ1v) is 8.94. The maximum Gasteiger partial charge on any atom is 0.254 e. The van der Waals surface area contributed by atoms with Crippen molar-refractivity contribution in [3.63, 3.8) is 0 Å². The summed E-state index contributed by atoms with van der Waals surface area (Å²) in [7, 11) is 0. The maximum atomic E-state index is 12.9. The van der Waals surface area contributed by atoms with Gasteiger partial charge in [0.05, 0.1) is 0 Å². The van der Waals surface area contributed by atoms with Crippen molar-refractivity contribution in [3.8, 4) is 0 Å². The van der Waals surface area contributed by atoms with Crippen molar-refractivity contribution >= 4 is 16.8 Å². The van der Waals surface area contributed by atoms with Crippen molar-refractivity contribution in [2.24, 2.45) is 0 Å². The van der Waals surface area contributed by atoms with Crippen LogP contribution in [0.15, 0.2) is 41.2 Å². The maximum absolute atomic E-state index is 12.9. The Kier molecular flexibility index (Phi) is 3.91. The van der Waals surface area contributed by atoms with Crippen LogP contribution in [0.25, 0.3) is 10.9 Å². The number of benzene rings is 2. The Morgan fingerprint density at radius 2 is 1.77 bits per heavy atom. The summed E-state index contributed by atoms with van der Waals surface area (Å²) >= 11 is 0. The van der Waals surface area contributed by atoms with E-state index in [4.69, 9.17) is 0 Å². The summed E-state index contributed by atoms with van der Waals surface area (Å²) in [5, 5.41) is 1.05. The second kappa shape index (κ2) is 6.13. The minimum absolute atomic E-state index is 0.0590. The second-order valence-electron chi connectivity index (χ2n) is 7.27. The second-order valence-corrected chi connectivity index (χ2v) is 7.27. The highest BCUT2D eigenvalue weighted by Gasteiger charge is 2.22. The predicted molar refractivity (Wildman–Crippen MR) is 104 cm³/mol. The van der Waals surface area contributed by atoms with Crippen LogP contribution in [-0.4, -0.2) is 22.3 Å². The van der Waals surface area contributed by atoms with Gasteiger partial charge >= 0.3 is 0 Å². The van der Waals surface area contributed by atoms with Crippen molar-refractivity contribution in [3.05, 3.63) is 80.1 Å². The molecule has 0 spiro atoms. The number of H-pyrrole nitrogens is 1. The fraction of sp³-hybridized carbons (Fsp3) is 0.273. The van der Waals surface area contributed by atoms with Gasteiger partial charge < -0.3 is 9.88 Å². The van der Waals surface area contributed by atoms with Gasteiger partial charge in [-0.3, -0.25) is 9.59 Å². The SMILES string of the molecule is Cc1ccc(C(=O)N2CCc3cc4cc(C)c(=O)[nH]c4cc3C2)cc1C. The molecule has 0 radical (unpaired) electrons. The van der Waals surface area contributed by atoms with Crippen LogP contribution in [0, 0.1) is 20.8 Å². The lowest BCUT2D eigenvalue weighted by molar-refractivity contribution is 0.0734. The first kappa shape index (κ1) is 16.6. The molecule has 1 aromatic heterocycles. The van der Waals surface area contributed by atoms with Crippen molar-refractivity contribution < 1.29 is 4.79 Å². The smallest absolute Gasteiger partial charge is 0.254 e. The van der Waals surface area contributed by atoms with E-state index in [2.05, 4.69) is 11.1 Å². The van der Waals surface area contributed by atoms with Gasteiger partial charge in [0.2, 0.25) is 0 Å². The number of aromatic amines is 1. The number of carbonyl (C=O) groups excluding carboxylic acids is 1. The number of aryl methyl sites for hydroxylation is 3. The fourth-order valence-electron chi connectivity index (χ4n) is 3.61. The Morgan fingerprint density at radius 1 is 0.962 bits per heavy atom. The van der Waals surface area contributed by atoms with Crippen LogP contribution in [0.4, 0.5) is 0 Å². The predicted octanol–water partition coefficient (Wildman–Crippen LogP) is 3.65. The van der Waals surface area contributed by atoms with E-state index in [0.29, 0.717) is 13.1 Å². The highest BCUT2D eigenvalue weighted by Crippen LogP contribution is 2.25. The van der Waals surface area contributed by atoms with Crippen LogP contribution in [0.5, 0.6) is 0 Å². The number of hydrogen-bond acceptors (Lipinski definition) is 2. The minimum Gasteiger partial charge on any atom is -0.334 e. The standard InChI is InChI=1S/C22H22N2O2/c1-13-4-5-17(8-14(13)2)22(26)24-7-6-16-10-18-9-15(3)21(25)23-20(18)11-19(16)12-24/h4-5,8-11H,6-7,12H2,1-3H3,(H,23,25). The van der Waals surface area contributed by atoms with Gasteiger partial charge in [0.25, 0.3) is 11.5 Å². The summed E-state index contributed by atoms with van der Waals surface area (Å²) in [6, 6.07) is 12.0. The summed E-state index contributed by atoms with van der Waals surface area (Å²) < 4.78 is 0. The number of hydrogen-bond donors (Lipinski definition) is 1. The molecular weight excluding hydrogens is 324 g/mol. The number of fused-ring (bicyclic) bond motifs is 2. The third-order valence-corrected chi connectivity index (χ3v) is 5.40. The molecule has 0 fully saturated rings. The summed E-state index contributed by atoms with van der Waals surface area (Å²) in [5.74, 6) is 0.0660. The van der Waals surface area contributed by atoms with Gasteiger partial charge in [-0.2, -0.15) is 0 Å². The Hall–Kier alpha value is -2.88. The van der Waals surface area contributed by atoms with Crippen molar-refractivity contribution in [1.29, 1.82) is 0 Å². The number of nitrogens with one attached hydrogen (secondary N) is 1. The van der Waals surface area contributed by atoms with Crippen LogP contribution in [0.2, 0.25) is 0 Å². The molecule has 0 unspecified atom stereocenters. The first-order chi connectivity index (χ1) is 12.4. The lowest BCUT2D eigenvalue weighted by Gasteiger charge is -2.29. The topological polar surface area (TPSA) is 53.2 Å². The molecule has 4 nitrogen and oxygen atoms in total. The van der Waals surface area contributed by atoms with E-state index >= 15 is 0 Å². The molecule has 2 heterocycles. The normalized spacial score (nSPS) is 13.7. The molecule has 0 saturated carbocycles. The Labute approximate surface area is 152 Å². The van der Waals surface area contributed by atoms with Gasteiger partial charge in [0, 0.05) is 29.7 Å². The van der Waals surface area contributed by atoms with Crippen molar-refractivity contribution in [1.82, 2.24) is 9.88 Å². The largest absolute Gasteiger partial charge is 0.334 e. The highest BCUT2D eigenvalue weighted by molar-refractivity contribution is 5.94. The van der Waals surface area contributed by atoms with Gasteiger partial charge in [-0.1, -0.05) is 6.07 Å². The van der Waals surface area contributed by atoms with E-state index < -0.39 is 0 Å². The van der Waals surface area contributed by atoms with E-state index in [0.717, 1.165) is 39.6 Å². The molecule has 4 heteroatoms. The number of rotatable bonds is 1. The molecule has 0 atom stereocenters. The molecule has 3 aromatic rings. The zero-order chi connectivity index (χ0) is 18.4. The van der Waals surface area contributed by atoms with Gasteiger partial charge in [-0.05, 0) is 85.2 Å². The first-order valence-electron chi connectivity index (χ1n) is 8.94. The summed E-state index contributed by atoms with van der Waals surface area (Å²) in [6.07, 6.45) is 0.833. The Balaban J connectivity index is 1.67. The van der Waals surface area contributed by atoms with Crippen molar-refractivity contribution in [2.75, 3.05) is 6.54 Å². The van der Waals surface area contributed by atoms with Crippen LogP contribution in [0.3, 0.4) is 0 Å². The Bertz CT molecular complexity index is 1100. The number of pyridine rings is 1. The van der Waals surface area contributed by atoms with Gasteiger partial charge in [0.1, 0.15) is 0 Å². The molecule has 0 bridgehead atoms. The summed E-state index contributed by atoms with van der Waals surface area (Å²) in [4.78, 5) is 29.6. The molecule has 26 heavy (non-hydrogen) atoms. The van der Waals surface area contributed by atoms with Crippen LogP contribution < -0.4 is 5.56 Å². The molecular formula is C22H22N2O2. The summed E-state index contributed by atoms with van der Waals surface area (Å²) in [6.45, 7) is 7.19. The van der Waals surface area contributed by atoms with E-state index in [-0.39, 0.29) is 11.5 Å². The van der Waals surface area contributed by atoms with Gasteiger partial charge in [-0.15, -0.1) is 0 Å². The lowest BCUT2D eigenvalue weighted by Crippen LogP contribution is -2.36. The van der Waals surface area contributed by atoms with Crippen LogP contribution >= 0.6 is 0 Å². The molecule has 0 aliphatic carbocycles. The molecule has 1 aliphatic rings. The number of nitrogens with zero attached hydrogens (tertiary/aromatic N) is 1. The third-order valence-electron chi connectivity index (χ3n) is 5.40. The molecule has 4 rings (SSSR count). The average molecular weight is 346 g/mol. The molecule has 1 aliphatic heterocycles. The van der Waals surface area contributed by atoms with Crippen LogP contribution in [-0.2, 0) is 13.0 Å². The third kappa shape index (κ3) is 2.81. The number of aromatic nitrogens is 1.